The van der Waals surface area contributed by atoms with Crippen molar-refractivity contribution in [3.8, 4) is 17.6 Å². The lowest BCUT2D eigenvalue weighted by Gasteiger charge is -2.26. The summed E-state index contributed by atoms with van der Waals surface area (Å²) in [5.74, 6) is 0.384. The van der Waals surface area contributed by atoms with Gasteiger partial charge in [-0.15, -0.1) is 0 Å². The summed E-state index contributed by atoms with van der Waals surface area (Å²) in [5.41, 5.74) is 0.691. The number of anilines is 1. The van der Waals surface area contributed by atoms with Gasteiger partial charge in [-0.25, -0.2) is 8.42 Å². The molecule has 0 spiro atoms. The van der Waals surface area contributed by atoms with Gasteiger partial charge in [0.1, 0.15) is 23.1 Å². The summed E-state index contributed by atoms with van der Waals surface area (Å²) < 4.78 is 37.7. The number of methoxy groups -OCH3 is 2. The van der Waals surface area contributed by atoms with E-state index < -0.39 is 15.9 Å². The van der Waals surface area contributed by atoms with Crippen molar-refractivity contribution in [3.05, 3.63) is 53.6 Å². The van der Waals surface area contributed by atoms with E-state index in [1.165, 1.54) is 36.7 Å². The Hall–Kier alpha value is -3.35. The van der Waals surface area contributed by atoms with E-state index in [0.29, 0.717) is 30.2 Å². The van der Waals surface area contributed by atoms with Gasteiger partial charge in [0, 0.05) is 24.8 Å². The van der Waals surface area contributed by atoms with Crippen molar-refractivity contribution in [2.45, 2.75) is 24.2 Å². The Balaban J connectivity index is 1.82. The van der Waals surface area contributed by atoms with Crippen molar-refractivity contribution < 1.29 is 22.7 Å². The maximum Gasteiger partial charge on any atom is 0.266 e. The van der Waals surface area contributed by atoms with Crippen LogP contribution < -0.4 is 14.8 Å². The standard InChI is InChI=1S/C23H25N3O5S/c1-30-20-12-17(13-21(15-20)31-2)11-18(16-24)23(27)25-19-7-6-8-22(14-19)32(28,29)26-9-4-3-5-10-26/h6-8,11-15H,3-5,9-10H2,1-2H3,(H,25,27)/b18-11+. The summed E-state index contributed by atoms with van der Waals surface area (Å²) in [6, 6.07) is 12.9. The average molecular weight is 456 g/mol. The smallest absolute Gasteiger partial charge is 0.266 e. The molecule has 0 saturated carbocycles. The molecule has 2 aromatic rings. The van der Waals surface area contributed by atoms with E-state index in [1.807, 2.05) is 6.07 Å². The quantitative estimate of drug-likeness (QED) is 0.506. The lowest BCUT2D eigenvalue weighted by Crippen LogP contribution is -2.35. The number of hydrogen-bond acceptors (Lipinski definition) is 6. The van der Waals surface area contributed by atoms with Gasteiger partial charge in [-0.05, 0) is 54.8 Å². The van der Waals surface area contributed by atoms with E-state index in [4.69, 9.17) is 9.47 Å². The number of amides is 1. The third-order valence-corrected chi connectivity index (χ3v) is 6.99. The zero-order chi connectivity index (χ0) is 23.1. The van der Waals surface area contributed by atoms with Gasteiger partial charge in [-0.1, -0.05) is 12.5 Å². The van der Waals surface area contributed by atoms with Crippen molar-refractivity contribution in [2.24, 2.45) is 0 Å². The highest BCUT2D eigenvalue weighted by molar-refractivity contribution is 7.89. The van der Waals surface area contributed by atoms with Crippen LogP contribution in [0.2, 0.25) is 0 Å². The van der Waals surface area contributed by atoms with Gasteiger partial charge in [-0.2, -0.15) is 9.57 Å². The van der Waals surface area contributed by atoms with Crippen LogP contribution in [0.25, 0.3) is 6.08 Å². The van der Waals surface area contributed by atoms with Crippen molar-refractivity contribution in [2.75, 3.05) is 32.6 Å². The minimum absolute atomic E-state index is 0.109. The Kier molecular flexibility index (Phi) is 7.51. The van der Waals surface area contributed by atoms with E-state index in [0.717, 1.165) is 19.3 Å². The van der Waals surface area contributed by atoms with Gasteiger partial charge in [0.05, 0.1) is 19.1 Å². The van der Waals surface area contributed by atoms with Crippen LogP contribution in [-0.2, 0) is 14.8 Å². The Morgan fingerprint density at radius 1 is 1.06 bits per heavy atom. The van der Waals surface area contributed by atoms with E-state index in [-0.39, 0.29) is 16.2 Å². The van der Waals surface area contributed by atoms with E-state index in [1.54, 1.807) is 30.3 Å². The topological polar surface area (TPSA) is 109 Å². The second-order valence-corrected chi connectivity index (χ2v) is 9.20. The molecule has 0 bridgehead atoms. The number of carbonyl (C=O) groups excluding carboxylic acids is 1. The van der Waals surface area contributed by atoms with Gasteiger partial charge in [-0.3, -0.25) is 4.79 Å². The van der Waals surface area contributed by atoms with Crippen LogP contribution in [0.4, 0.5) is 5.69 Å². The second-order valence-electron chi connectivity index (χ2n) is 7.26. The maximum atomic E-state index is 12.9. The fourth-order valence-corrected chi connectivity index (χ4v) is 4.98. The van der Waals surface area contributed by atoms with Crippen molar-refractivity contribution in [3.63, 3.8) is 0 Å². The van der Waals surface area contributed by atoms with Crippen LogP contribution in [0.5, 0.6) is 11.5 Å². The third-order valence-electron chi connectivity index (χ3n) is 5.09. The van der Waals surface area contributed by atoms with Crippen LogP contribution in [0.1, 0.15) is 24.8 Å². The zero-order valence-electron chi connectivity index (χ0n) is 18.0. The van der Waals surface area contributed by atoms with Gasteiger partial charge in [0.15, 0.2) is 0 Å². The molecular weight excluding hydrogens is 430 g/mol. The minimum Gasteiger partial charge on any atom is -0.497 e. The van der Waals surface area contributed by atoms with Crippen molar-refractivity contribution >= 4 is 27.7 Å². The molecule has 0 radical (unpaired) electrons. The lowest BCUT2D eigenvalue weighted by molar-refractivity contribution is -0.112. The van der Waals surface area contributed by atoms with Gasteiger partial charge < -0.3 is 14.8 Å². The summed E-state index contributed by atoms with van der Waals surface area (Å²) in [7, 11) is -0.625. The molecule has 3 rings (SSSR count). The van der Waals surface area contributed by atoms with Gasteiger partial charge in [0.2, 0.25) is 10.0 Å². The molecule has 0 atom stereocenters. The molecule has 0 unspecified atom stereocenters. The highest BCUT2D eigenvalue weighted by Crippen LogP contribution is 2.25. The number of nitriles is 1. The summed E-state index contributed by atoms with van der Waals surface area (Å²) in [6.45, 7) is 0.981. The number of rotatable bonds is 7. The summed E-state index contributed by atoms with van der Waals surface area (Å²) >= 11 is 0. The highest BCUT2D eigenvalue weighted by Gasteiger charge is 2.26. The van der Waals surface area contributed by atoms with E-state index in [2.05, 4.69) is 5.32 Å². The molecule has 9 heteroatoms. The Bertz CT molecular complexity index is 1140. The number of hydrogen-bond donors (Lipinski definition) is 1. The number of benzene rings is 2. The predicted molar refractivity (Wildman–Crippen MR) is 121 cm³/mol. The Labute approximate surface area is 188 Å². The molecule has 1 aliphatic rings. The van der Waals surface area contributed by atoms with Gasteiger partial charge >= 0.3 is 0 Å². The summed E-state index contributed by atoms with van der Waals surface area (Å²) in [4.78, 5) is 12.8. The third kappa shape index (κ3) is 5.46. The van der Waals surface area contributed by atoms with Gasteiger partial charge in [0.25, 0.3) is 5.91 Å². The number of carbonyl (C=O) groups is 1. The number of sulfonamides is 1. The van der Waals surface area contributed by atoms with Crippen molar-refractivity contribution in [1.29, 1.82) is 5.26 Å². The fourth-order valence-electron chi connectivity index (χ4n) is 3.42. The van der Waals surface area contributed by atoms with Crippen LogP contribution in [0, 0.1) is 11.3 Å². The first-order chi connectivity index (χ1) is 15.4. The molecule has 1 heterocycles. The fraction of sp³-hybridized carbons (Fsp3) is 0.304. The highest BCUT2D eigenvalue weighted by atomic mass is 32.2. The molecule has 1 N–H and O–H groups in total. The average Bonchev–Trinajstić information content (AvgIpc) is 2.82. The summed E-state index contributed by atoms with van der Waals surface area (Å²) in [6.07, 6.45) is 4.10. The number of ether oxygens (including phenoxy) is 2. The zero-order valence-corrected chi connectivity index (χ0v) is 18.8. The van der Waals surface area contributed by atoms with E-state index >= 15 is 0 Å². The Morgan fingerprint density at radius 3 is 2.31 bits per heavy atom. The number of nitrogens with zero attached hydrogens (tertiary/aromatic N) is 2. The monoisotopic (exact) mass is 455 g/mol. The minimum atomic E-state index is -3.64. The molecular formula is C23H25N3O5S. The molecule has 2 aromatic carbocycles. The first kappa shape index (κ1) is 23.3. The van der Waals surface area contributed by atoms with Crippen molar-refractivity contribution in [1.82, 2.24) is 4.31 Å². The molecule has 0 aliphatic carbocycles. The largest absolute Gasteiger partial charge is 0.497 e. The first-order valence-corrected chi connectivity index (χ1v) is 11.6. The number of piperidine rings is 1. The maximum absolute atomic E-state index is 12.9. The summed E-state index contributed by atoms with van der Waals surface area (Å²) in [5, 5.41) is 12.1. The van der Waals surface area contributed by atoms with E-state index in [9.17, 15) is 18.5 Å². The van der Waals surface area contributed by atoms with Crippen LogP contribution in [0.3, 0.4) is 0 Å². The van der Waals surface area contributed by atoms with Crippen LogP contribution in [0.15, 0.2) is 52.9 Å². The van der Waals surface area contributed by atoms with Crippen LogP contribution >= 0.6 is 0 Å². The normalized spacial score (nSPS) is 15.0. The molecule has 1 saturated heterocycles. The molecule has 1 amide bonds. The molecule has 1 aliphatic heterocycles. The second kappa shape index (κ2) is 10.3. The predicted octanol–water partition coefficient (Wildman–Crippen LogP) is 3.42. The molecule has 8 nitrogen and oxygen atoms in total. The lowest BCUT2D eigenvalue weighted by atomic mass is 10.1. The van der Waals surface area contributed by atoms with Crippen LogP contribution in [-0.4, -0.2) is 45.9 Å². The Morgan fingerprint density at radius 2 is 1.72 bits per heavy atom. The molecule has 1 fully saturated rings. The molecule has 168 valence electrons. The molecule has 0 aromatic heterocycles. The molecule has 32 heavy (non-hydrogen) atoms. The first-order valence-electron chi connectivity index (χ1n) is 10.1. The SMILES string of the molecule is COc1cc(/C=C(\C#N)C(=O)Nc2cccc(S(=O)(=O)N3CCCCC3)c2)cc(OC)c1. The number of nitrogens with one attached hydrogen (secondary N) is 1.